The predicted molar refractivity (Wildman–Crippen MR) is 128 cm³/mol. The number of hydrogen-bond acceptors (Lipinski definition) is 7. The average molecular weight is 481 g/mol. The van der Waals surface area contributed by atoms with Crippen molar-refractivity contribution in [2.24, 2.45) is 0 Å². The fourth-order valence-corrected chi connectivity index (χ4v) is 7.65. The van der Waals surface area contributed by atoms with Gasteiger partial charge >= 0.3 is 5.97 Å². The zero-order valence-corrected chi connectivity index (χ0v) is 20.0. The number of carboxylic acid groups (broad SMARTS) is 1. The molecule has 0 amide bonds. The van der Waals surface area contributed by atoms with E-state index in [9.17, 15) is 20.1 Å². The Hall–Kier alpha value is -2.81. The van der Waals surface area contributed by atoms with E-state index in [4.69, 9.17) is 9.47 Å². The van der Waals surface area contributed by atoms with Crippen LogP contribution in [0.5, 0.6) is 17.2 Å². The van der Waals surface area contributed by atoms with Gasteiger partial charge in [0.15, 0.2) is 11.5 Å². The largest absolute Gasteiger partial charge is 0.508 e. The number of ether oxygens (including phenoxy) is 2. The van der Waals surface area contributed by atoms with E-state index in [1.165, 1.54) is 5.56 Å². The Kier molecular flexibility index (Phi) is 5.08. The number of nitrogens with zero attached hydrogens (tertiary/aromatic N) is 1. The van der Waals surface area contributed by atoms with Crippen molar-refractivity contribution in [2.45, 2.75) is 67.3 Å². The van der Waals surface area contributed by atoms with Gasteiger partial charge in [-0.25, -0.2) is 0 Å². The summed E-state index contributed by atoms with van der Waals surface area (Å²) in [5, 5.41) is 33.9. The molecule has 2 bridgehead atoms. The molecule has 186 valence electrons. The Morgan fingerprint density at radius 2 is 2.00 bits per heavy atom. The van der Waals surface area contributed by atoms with Crippen molar-refractivity contribution in [3.63, 3.8) is 0 Å². The number of aliphatic carboxylic acids is 1. The summed E-state index contributed by atoms with van der Waals surface area (Å²) in [6, 6.07) is 9.50. The van der Waals surface area contributed by atoms with Gasteiger partial charge in [-0.3, -0.25) is 10.1 Å². The second kappa shape index (κ2) is 7.85. The van der Waals surface area contributed by atoms with E-state index in [0.717, 1.165) is 36.9 Å². The quantitative estimate of drug-likeness (QED) is 0.498. The Labute approximate surface area is 204 Å². The van der Waals surface area contributed by atoms with Gasteiger partial charge in [0.25, 0.3) is 0 Å². The highest BCUT2D eigenvalue weighted by molar-refractivity contribution is 5.74. The number of phenolic OH excluding ortho intramolecular Hbond substituents is 2. The lowest BCUT2D eigenvalue weighted by molar-refractivity contribution is -0.204. The van der Waals surface area contributed by atoms with Crippen molar-refractivity contribution < 1.29 is 29.6 Å². The second-order valence-electron chi connectivity index (χ2n) is 10.6. The molecule has 6 atom stereocenters. The number of hydrogen-bond donors (Lipinski definition) is 4. The Morgan fingerprint density at radius 3 is 2.71 bits per heavy atom. The number of benzene rings is 2. The van der Waals surface area contributed by atoms with Gasteiger partial charge in [0, 0.05) is 24.8 Å². The van der Waals surface area contributed by atoms with E-state index in [0.29, 0.717) is 12.2 Å². The van der Waals surface area contributed by atoms with Crippen molar-refractivity contribution >= 4 is 5.97 Å². The van der Waals surface area contributed by atoms with Gasteiger partial charge < -0.3 is 29.7 Å². The number of carboxylic acids is 1. The van der Waals surface area contributed by atoms with Gasteiger partial charge in [-0.1, -0.05) is 18.2 Å². The molecule has 6 rings (SSSR count). The lowest BCUT2D eigenvalue weighted by atomic mass is 9.48. The van der Waals surface area contributed by atoms with Gasteiger partial charge in [-0.15, -0.1) is 0 Å². The molecule has 8 heteroatoms. The third-order valence-electron chi connectivity index (χ3n) is 9.14. The summed E-state index contributed by atoms with van der Waals surface area (Å²) < 4.78 is 13.0. The molecule has 4 aliphatic rings. The summed E-state index contributed by atoms with van der Waals surface area (Å²) in [5.74, 6) is -0.107. The molecule has 0 aromatic heterocycles. The van der Waals surface area contributed by atoms with Crippen molar-refractivity contribution in [2.75, 3.05) is 20.7 Å². The Balaban J connectivity index is 1.40. The first-order valence-electron chi connectivity index (χ1n) is 12.3. The van der Waals surface area contributed by atoms with Crippen LogP contribution in [0.2, 0.25) is 0 Å². The molecule has 4 N–H and O–H groups in total. The van der Waals surface area contributed by atoms with Gasteiger partial charge in [0.1, 0.15) is 17.9 Å². The minimum Gasteiger partial charge on any atom is -0.508 e. The predicted octanol–water partition coefficient (Wildman–Crippen LogP) is 2.19. The van der Waals surface area contributed by atoms with E-state index in [1.807, 2.05) is 6.07 Å². The molecule has 2 aliphatic carbocycles. The Morgan fingerprint density at radius 1 is 1.23 bits per heavy atom. The van der Waals surface area contributed by atoms with Crippen LogP contribution in [0.15, 0.2) is 36.4 Å². The van der Waals surface area contributed by atoms with E-state index in [-0.39, 0.29) is 36.1 Å². The van der Waals surface area contributed by atoms with Crippen LogP contribution in [0.1, 0.15) is 36.0 Å². The lowest BCUT2D eigenvalue weighted by Crippen LogP contribution is -2.78. The number of likely N-dealkylation sites (tertiary alicyclic amines) is 1. The number of methoxy groups -OCH3 is 1. The van der Waals surface area contributed by atoms with Crippen LogP contribution >= 0.6 is 0 Å². The van der Waals surface area contributed by atoms with Gasteiger partial charge in [-0.05, 0) is 75.0 Å². The number of piperidine rings is 1. The molecular weight excluding hydrogens is 448 g/mol. The maximum absolute atomic E-state index is 12.3. The minimum absolute atomic E-state index is 0.132. The summed E-state index contributed by atoms with van der Waals surface area (Å²) in [4.78, 5) is 14.7. The molecule has 35 heavy (non-hydrogen) atoms. The summed E-state index contributed by atoms with van der Waals surface area (Å²) in [5.41, 5.74) is 2.15. The van der Waals surface area contributed by atoms with Crippen LogP contribution in [-0.4, -0.2) is 76.7 Å². The number of likely N-dealkylation sites (N-methyl/N-ethyl adjacent to an activating group) is 1. The van der Waals surface area contributed by atoms with Crippen LogP contribution in [0.4, 0.5) is 0 Å². The molecule has 0 radical (unpaired) electrons. The topological polar surface area (TPSA) is 111 Å². The average Bonchev–Trinajstić information content (AvgIpc) is 3.20. The second-order valence-corrected chi connectivity index (χ2v) is 10.6. The molecule has 2 unspecified atom stereocenters. The van der Waals surface area contributed by atoms with E-state index in [2.05, 4.69) is 17.3 Å². The zero-order chi connectivity index (χ0) is 24.5. The SMILES string of the molecule is CO[C@@]12CC[C@H](NC(Cc3ccc(O)cc3)C(=O)O)[C@@H]3Oc4c(O)ccc5c4[C@@]31CCN(C)C2C5. The number of nitrogens with one attached hydrogen (secondary N) is 1. The van der Waals surface area contributed by atoms with Crippen molar-refractivity contribution in [3.05, 3.63) is 53.1 Å². The zero-order valence-electron chi connectivity index (χ0n) is 20.0. The molecule has 1 saturated heterocycles. The number of aromatic hydroxyl groups is 2. The smallest absolute Gasteiger partial charge is 0.321 e. The first kappa shape index (κ1) is 22.6. The third-order valence-corrected chi connectivity index (χ3v) is 9.14. The molecule has 1 spiro atoms. The standard InChI is InChI=1S/C27H32N2O6/c1-29-12-11-26-22-16-5-8-20(31)23(22)35-24(26)18(9-10-27(26,34-2)21(29)14-16)28-19(25(32)33)13-15-3-6-17(30)7-4-15/h3-8,18-19,21,24,28,30-31H,9-14H2,1-2H3,(H,32,33)/t18-,19?,21?,24-,26-,27+/m0/s1. The van der Waals surface area contributed by atoms with Crippen LogP contribution in [0.25, 0.3) is 0 Å². The van der Waals surface area contributed by atoms with E-state index >= 15 is 0 Å². The van der Waals surface area contributed by atoms with Gasteiger partial charge in [0.2, 0.25) is 0 Å². The number of carbonyl (C=O) groups is 1. The highest BCUT2D eigenvalue weighted by Gasteiger charge is 2.73. The van der Waals surface area contributed by atoms with Gasteiger partial charge in [-0.2, -0.15) is 0 Å². The summed E-state index contributed by atoms with van der Waals surface area (Å²) in [6.45, 7) is 0.882. The number of phenols is 2. The lowest BCUT2D eigenvalue weighted by Gasteiger charge is -2.65. The molecule has 8 nitrogen and oxygen atoms in total. The molecule has 1 saturated carbocycles. The van der Waals surface area contributed by atoms with E-state index < -0.39 is 23.0 Å². The normalized spacial score (nSPS) is 33.6. The fourth-order valence-electron chi connectivity index (χ4n) is 7.65. The summed E-state index contributed by atoms with van der Waals surface area (Å²) in [7, 11) is 3.94. The third kappa shape index (κ3) is 3.00. The maximum atomic E-state index is 12.3. The first-order chi connectivity index (χ1) is 16.8. The summed E-state index contributed by atoms with van der Waals surface area (Å²) in [6.07, 6.45) is 3.06. The fraction of sp³-hybridized carbons (Fsp3) is 0.519. The minimum atomic E-state index is -0.928. The molecule has 2 fully saturated rings. The van der Waals surface area contributed by atoms with Crippen LogP contribution < -0.4 is 10.1 Å². The van der Waals surface area contributed by atoms with Crippen molar-refractivity contribution in [3.8, 4) is 17.2 Å². The maximum Gasteiger partial charge on any atom is 0.321 e. The van der Waals surface area contributed by atoms with Crippen molar-refractivity contribution in [1.29, 1.82) is 0 Å². The highest BCUT2D eigenvalue weighted by atomic mass is 16.5. The highest BCUT2D eigenvalue weighted by Crippen LogP contribution is 2.66. The van der Waals surface area contributed by atoms with Crippen LogP contribution in [-0.2, 0) is 27.8 Å². The Bertz CT molecular complexity index is 1170. The molecule has 2 aromatic rings. The van der Waals surface area contributed by atoms with Crippen LogP contribution in [0, 0.1) is 0 Å². The molecule has 2 aromatic carbocycles. The first-order valence-corrected chi connectivity index (χ1v) is 12.3. The summed E-state index contributed by atoms with van der Waals surface area (Å²) >= 11 is 0. The number of rotatable bonds is 6. The molecule has 2 heterocycles. The van der Waals surface area contributed by atoms with Crippen molar-refractivity contribution in [1.82, 2.24) is 10.2 Å². The van der Waals surface area contributed by atoms with Gasteiger partial charge in [0.05, 0.1) is 11.0 Å². The monoisotopic (exact) mass is 480 g/mol. The van der Waals surface area contributed by atoms with E-state index in [1.54, 1.807) is 37.4 Å². The van der Waals surface area contributed by atoms with Crippen LogP contribution in [0.3, 0.4) is 0 Å². The molecular formula is C27H32N2O6. The molecule has 2 aliphatic heterocycles.